The number of benzene rings is 1. The minimum Gasteiger partial charge on any atom is -0.497 e. The van der Waals surface area contributed by atoms with Gasteiger partial charge in [0.1, 0.15) is 11.9 Å². The predicted octanol–water partition coefficient (Wildman–Crippen LogP) is 2.10. The Kier molecular flexibility index (Phi) is 4.67. The van der Waals surface area contributed by atoms with Gasteiger partial charge in [0.2, 0.25) is 2.21 Å². The van der Waals surface area contributed by atoms with Crippen LogP contribution < -0.4 is 4.74 Å². The van der Waals surface area contributed by atoms with E-state index >= 15 is 0 Å². The summed E-state index contributed by atoms with van der Waals surface area (Å²) in [5, 5.41) is 9.99. The quantitative estimate of drug-likeness (QED) is 0.632. The number of sulfone groups is 1. The van der Waals surface area contributed by atoms with E-state index in [1.807, 2.05) is 0 Å². The second-order valence-corrected chi connectivity index (χ2v) is 9.59. The summed E-state index contributed by atoms with van der Waals surface area (Å²) in [6, 6.07) is 6.41. The number of rotatable bonds is 4. The zero-order chi connectivity index (χ0) is 13.3. The molecule has 17 heavy (non-hydrogen) atoms. The fourth-order valence-corrected chi connectivity index (χ4v) is 2.21. The molecule has 2 atom stereocenters. The van der Waals surface area contributed by atoms with Gasteiger partial charge in [-0.25, -0.2) is 8.42 Å². The van der Waals surface area contributed by atoms with E-state index in [9.17, 15) is 13.5 Å². The molecule has 0 bridgehead atoms. The lowest BCUT2D eigenvalue weighted by molar-refractivity contribution is 0.187. The zero-order valence-electron chi connectivity index (χ0n) is 9.22. The third-order valence-electron chi connectivity index (χ3n) is 2.24. The van der Waals surface area contributed by atoms with E-state index in [0.717, 1.165) is 6.26 Å². The van der Waals surface area contributed by atoms with Crippen molar-refractivity contribution in [1.29, 1.82) is 0 Å². The molecule has 0 aliphatic rings. The van der Waals surface area contributed by atoms with Crippen LogP contribution in [0.1, 0.15) is 11.7 Å². The second-order valence-electron chi connectivity index (χ2n) is 3.51. The van der Waals surface area contributed by atoms with Crippen LogP contribution in [0.5, 0.6) is 5.75 Å². The topological polar surface area (TPSA) is 63.6 Å². The summed E-state index contributed by atoms with van der Waals surface area (Å²) < 4.78 is 26.1. The highest BCUT2D eigenvalue weighted by Gasteiger charge is 2.44. The average Bonchev–Trinajstić information content (AvgIpc) is 2.26. The van der Waals surface area contributed by atoms with Crippen LogP contribution in [-0.4, -0.2) is 29.1 Å². The first-order valence-electron chi connectivity index (χ1n) is 4.59. The highest BCUT2D eigenvalue weighted by molar-refractivity contribution is 14.1. The van der Waals surface area contributed by atoms with E-state index < -0.39 is 18.2 Å². The summed E-state index contributed by atoms with van der Waals surface area (Å²) in [6.45, 7) is 0. The molecule has 96 valence electrons. The van der Waals surface area contributed by atoms with Crippen molar-refractivity contribution < 1.29 is 18.3 Å². The first kappa shape index (κ1) is 15.0. The molecule has 0 saturated carbocycles. The Bertz CT molecular complexity index is 484. The predicted molar refractivity (Wildman–Crippen MR) is 75.4 cm³/mol. The van der Waals surface area contributed by atoms with E-state index in [1.165, 1.54) is 29.7 Å². The molecule has 0 aliphatic heterocycles. The smallest absolute Gasteiger partial charge is 0.224 e. The third-order valence-corrected chi connectivity index (χ3v) is 7.49. The largest absolute Gasteiger partial charge is 0.497 e. The Labute approximate surface area is 119 Å². The highest BCUT2D eigenvalue weighted by Crippen LogP contribution is 2.42. The molecule has 0 amide bonds. The highest BCUT2D eigenvalue weighted by atomic mass is 127. The molecule has 0 heterocycles. The van der Waals surface area contributed by atoms with Crippen LogP contribution in [0, 0.1) is 0 Å². The van der Waals surface area contributed by atoms with Crippen LogP contribution in [0.4, 0.5) is 0 Å². The van der Waals surface area contributed by atoms with Crippen LogP contribution in [0.3, 0.4) is 0 Å². The molecule has 1 aromatic carbocycles. The van der Waals surface area contributed by atoms with Gasteiger partial charge in [0.25, 0.3) is 0 Å². The number of hydrogen-bond donors (Lipinski definition) is 1. The van der Waals surface area contributed by atoms with Crippen molar-refractivity contribution in [3.8, 4) is 5.75 Å². The van der Waals surface area contributed by atoms with Crippen molar-refractivity contribution in [2.45, 2.75) is 8.32 Å². The summed E-state index contributed by atoms with van der Waals surface area (Å²) in [5.41, 5.74) is 0.417. The van der Waals surface area contributed by atoms with E-state index in [-0.39, 0.29) is 0 Å². The van der Waals surface area contributed by atoms with Gasteiger partial charge in [-0.1, -0.05) is 23.7 Å². The summed E-state index contributed by atoms with van der Waals surface area (Å²) in [5.74, 6) is 0.619. The van der Waals surface area contributed by atoms with Gasteiger partial charge in [-0.05, 0) is 40.3 Å². The molecule has 0 saturated heterocycles. The lowest BCUT2D eigenvalue weighted by Crippen LogP contribution is -2.31. The molecule has 0 spiro atoms. The van der Waals surface area contributed by atoms with E-state index in [2.05, 4.69) is 0 Å². The second kappa shape index (κ2) is 5.29. The Balaban J connectivity index is 3.08. The minimum absolute atomic E-state index is 0.417. The molecule has 0 unspecified atom stereocenters. The van der Waals surface area contributed by atoms with Gasteiger partial charge < -0.3 is 9.84 Å². The SMILES string of the molecule is COc1ccc([C@@H](O)[C@](Cl)(I)S(C)(=O)=O)cc1. The van der Waals surface area contributed by atoms with Crippen molar-refractivity contribution in [1.82, 2.24) is 0 Å². The lowest BCUT2D eigenvalue weighted by Gasteiger charge is -2.24. The van der Waals surface area contributed by atoms with E-state index in [0.29, 0.717) is 11.3 Å². The molecule has 0 radical (unpaired) electrons. The van der Waals surface area contributed by atoms with Crippen molar-refractivity contribution in [3.05, 3.63) is 29.8 Å². The number of alkyl halides is 2. The minimum atomic E-state index is -3.59. The van der Waals surface area contributed by atoms with Gasteiger partial charge in [0.15, 0.2) is 9.84 Å². The monoisotopic (exact) mass is 390 g/mol. The Morgan fingerprint density at radius 1 is 1.41 bits per heavy atom. The molecule has 1 rings (SSSR count). The van der Waals surface area contributed by atoms with Gasteiger partial charge in [0.05, 0.1) is 7.11 Å². The van der Waals surface area contributed by atoms with Crippen LogP contribution in [0.2, 0.25) is 0 Å². The summed E-state index contributed by atoms with van der Waals surface area (Å²) >= 11 is 7.41. The van der Waals surface area contributed by atoms with Crippen LogP contribution in [-0.2, 0) is 9.84 Å². The van der Waals surface area contributed by atoms with Crippen LogP contribution in [0.25, 0.3) is 0 Å². The molecule has 0 fully saturated rings. The zero-order valence-corrected chi connectivity index (χ0v) is 13.0. The first-order chi connectivity index (χ1) is 7.70. The van der Waals surface area contributed by atoms with Crippen LogP contribution >= 0.6 is 34.2 Å². The number of aliphatic hydroxyl groups excluding tert-OH is 1. The van der Waals surface area contributed by atoms with Crippen molar-refractivity contribution in [2.75, 3.05) is 13.4 Å². The lowest BCUT2D eigenvalue weighted by atomic mass is 10.1. The summed E-state index contributed by atoms with van der Waals surface area (Å²) in [4.78, 5) is 0. The van der Waals surface area contributed by atoms with Gasteiger partial charge in [-0.15, -0.1) is 0 Å². The average molecular weight is 391 g/mol. The molecule has 7 heteroatoms. The Morgan fingerprint density at radius 3 is 2.24 bits per heavy atom. The fraction of sp³-hybridized carbons (Fsp3) is 0.400. The number of aliphatic hydroxyl groups is 1. The number of methoxy groups -OCH3 is 1. The molecule has 0 aromatic heterocycles. The first-order valence-corrected chi connectivity index (χ1v) is 7.94. The third kappa shape index (κ3) is 3.24. The van der Waals surface area contributed by atoms with E-state index in [1.54, 1.807) is 24.3 Å². The maximum Gasteiger partial charge on any atom is 0.224 e. The van der Waals surface area contributed by atoms with Crippen molar-refractivity contribution in [3.63, 3.8) is 0 Å². The molecular formula is C10H12ClIO4S. The fourth-order valence-electron chi connectivity index (χ4n) is 1.18. The van der Waals surface area contributed by atoms with Gasteiger partial charge in [0, 0.05) is 6.26 Å². The van der Waals surface area contributed by atoms with Crippen molar-refractivity contribution in [2.24, 2.45) is 0 Å². The number of hydrogen-bond acceptors (Lipinski definition) is 4. The number of halogens is 2. The van der Waals surface area contributed by atoms with Gasteiger partial charge in [-0.2, -0.15) is 0 Å². The molecule has 4 nitrogen and oxygen atoms in total. The Hall–Kier alpha value is -0.0500. The van der Waals surface area contributed by atoms with E-state index in [4.69, 9.17) is 16.3 Å². The Morgan fingerprint density at radius 2 is 1.88 bits per heavy atom. The maximum absolute atomic E-state index is 11.5. The molecule has 1 N–H and O–H groups in total. The normalized spacial score (nSPS) is 17.2. The van der Waals surface area contributed by atoms with Crippen LogP contribution in [0.15, 0.2) is 24.3 Å². The molecular weight excluding hydrogens is 379 g/mol. The summed E-state index contributed by atoms with van der Waals surface area (Å²) in [7, 11) is -2.07. The summed E-state index contributed by atoms with van der Waals surface area (Å²) in [6.07, 6.45) is -0.329. The molecule has 0 aliphatic carbocycles. The number of ether oxygens (including phenoxy) is 1. The molecule has 1 aromatic rings. The van der Waals surface area contributed by atoms with Crippen molar-refractivity contribution >= 4 is 44.0 Å². The van der Waals surface area contributed by atoms with Gasteiger partial charge in [-0.3, -0.25) is 0 Å². The standard InChI is InChI=1S/C10H12ClIO4S/c1-16-8-5-3-7(4-6-8)9(13)10(11,12)17(2,14)15/h3-6,9,13H,1-2H3/t9-,10+/m1/s1. The maximum atomic E-state index is 11.5. The van der Waals surface area contributed by atoms with Gasteiger partial charge >= 0.3 is 0 Å².